The number of esters is 1. The molecule has 0 fully saturated rings. The van der Waals surface area contributed by atoms with Crippen LogP contribution in [-0.4, -0.2) is 18.0 Å². The van der Waals surface area contributed by atoms with Gasteiger partial charge in [0.2, 0.25) is 0 Å². The van der Waals surface area contributed by atoms with Gasteiger partial charge in [0.05, 0.1) is 22.2 Å². The van der Waals surface area contributed by atoms with Crippen LogP contribution >= 0.6 is 23.2 Å². The Balaban J connectivity index is 1.95. The highest BCUT2D eigenvalue weighted by atomic mass is 35.5. The van der Waals surface area contributed by atoms with Crippen molar-refractivity contribution in [2.75, 3.05) is 5.32 Å². The summed E-state index contributed by atoms with van der Waals surface area (Å²) >= 11 is 11.9. The van der Waals surface area contributed by atoms with Gasteiger partial charge in [0.25, 0.3) is 5.91 Å². The number of halogens is 2. The lowest BCUT2D eigenvalue weighted by Gasteiger charge is -2.15. The van der Waals surface area contributed by atoms with E-state index in [0.29, 0.717) is 10.7 Å². The Labute approximate surface area is 150 Å². The minimum Gasteiger partial charge on any atom is -0.452 e. The molecular formula is C18H17Cl2NO3. The van der Waals surface area contributed by atoms with E-state index in [-0.39, 0.29) is 11.4 Å². The van der Waals surface area contributed by atoms with Crippen molar-refractivity contribution in [1.82, 2.24) is 0 Å². The maximum Gasteiger partial charge on any atom is 0.311 e. The standard InChI is InChI=1S/C18H17Cl2NO3/c1-11-6-3-4-7-13(11)10-16(22)24-12(2)18(23)21-15-9-5-8-14(19)17(15)20/h3-9,12H,10H2,1-2H3,(H,21,23). The predicted molar refractivity (Wildman–Crippen MR) is 95.5 cm³/mol. The summed E-state index contributed by atoms with van der Waals surface area (Å²) < 4.78 is 5.19. The Bertz CT molecular complexity index is 762. The topological polar surface area (TPSA) is 55.4 Å². The van der Waals surface area contributed by atoms with Crippen LogP contribution in [0.1, 0.15) is 18.1 Å². The molecule has 4 nitrogen and oxygen atoms in total. The second kappa shape index (κ2) is 8.18. The lowest BCUT2D eigenvalue weighted by Crippen LogP contribution is -2.30. The molecule has 2 aromatic carbocycles. The number of carbonyl (C=O) groups excluding carboxylic acids is 2. The van der Waals surface area contributed by atoms with Gasteiger partial charge in [0, 0.05) is 0 Å². The first-order chi connectivity index (χ1) is 11.4. The molecule has 0 aliphatic carbocycles. The second-order valence-corrected chi connectivity index (χ2v) is 6.11. The van der Waals surface area contributed by atoms with E-state index in [1.165, 1.54) is 6.92 Å². The highest BCUT2D eigenvalue weighted by molar-refractivity contribution is 6.44. The molecule has 0 aromatic heterocycles. The lowest BCUT2D eigenvalue weighted by atomic mass is 10.1. The number of aryl methyl sites for hydroxylation is 1. The third kappa shape index (κ3) is 4.73. The third-order valence-corrected chi connectivity index (χ3v) is 4.30. The average molecular weight is 366 g/mol. The molecular weight excluding hydrogens is 349 g/mol. The molecule has 126 valence electrons. The van der Waals surface area contributed by atoms with Gasteiger partial charge in [-0.2, -0.15) is 0 Å². The van der Waals surface area contributed by atoms with Crippen LogP contribution in [0.5, 0.6) is 0 Å². The molecule has 1 atom stereocenters. The fourth-order valence-corrected chi connectivity index (χ4v) is 2.44. The van der Waals surface area contributed by atoms with E-state index >= 15 is 0 Å². The maximum absolute atomic E-state index is 12.1. The van der Waals surface area contributed by atoms with Crippen LogP contribution in [0.3, 0.4) is 0 Å². The number of ether oxygens (including phenoxy) is 1. The molecule has 0 aliphatic heterocycles. The van der Waals surface area contributed by atoms with Crippen molar-refractivity contribution >= 4 is 40.8 Å². The van der Waals surface area contributed by atoms with Crippen LogP contribution in [0, 0.1) is 6.92 Å². The van der Waals surface area contributed by atoms with Gasteiger partial charge in [-0.25, -0.2) is 0 Å². The van der Waals surface area contributed by atoms with Gasteiger partial charge in [0.1, 0.15) is 0 Å². The Morgan fingerprint density at radius 3 is 2.54 bits per heavy atom. The molecule has 0 saturated carbocycles. The zero-order chi connectivity index (χ0) is 17.7. The molecule has 1 amide bonds. The minimum atomic E-state index is -0.948. The molecule has 0 spiro atoms. The molecule has 0 bridgehead atoms. The van der Waals surface area contributed by atoms with E-state index < -0.39 is 18.0 Å². The second-order valence-electron chi connectivity index (χ2n) is 5.33. The smallest absolute Gasteiger partial charge is 0.311 e. The summed E-state index contributed by atoms with van der Waals surface area (Å²) in [6, 6.07) is 12.4. The molecule has 1 N–H and O–H groups in total. The van der Waals surface area contributed by atoms with E-state index in [0.717, 1.165) is 11.1 Å². The Kier molecular flexibility index (Phi) is 6.23. The van der Waals surface area contributed by atoms with Crippen LogP contribution in [0.25, 0.3) is 0 Å². The van der Waals surface area contributed by atoms with Gasteiger partial charge in [-0.3, -0.25) is 9.59 Å². The van der Waals surface area contributed by atoms with E-state index in [1.807, 2.05) is 31.2 Å². The number of benzene rings is 2. The molecule has 2 aromatic rings. The Morgan fingerprint density at radius 1 is 1.12 bits per heavy atom. The number of carbonyl (C=O) groups is 2. The summed E-state index contributed by atoms with van der Waals surface area (Å²) in [6.45, 7) is 3.42. The monoisotopic (exact) mass is 365 g/mol. The highest BCUT2D eigenvalue weighted by Gasteiger charge is 2.19. The summed E-state index contributed by atoms with van der Waals surface area (Å²) in [5, 5.41) is 3.17. The summed E-state index contributed by atoms with van der Waals surface area (Å²) in [6.07, 6.45) is -0.834. The minimum absolute atomic E-state index is 0.113. The van der Waals surface area contributed by atoms with Crippen molar-refractivity contribution in [1.29, 1.82) is 0 Å². The van der Waals surface area contributed by atoms with Crippen LogP contribution in [0.2, 0.25) is 10.0 Å². The first-order valence-corrected chi connectivity index (χ1v) is 8.13. The molecule has 0 saturated heterocycles. The van der Waals surface area contributed by atoms with Crippen LogP contribution in [0.15, 0.2) is 42.5 Å². The van der Waals surface area contributed by atoms with Crippen LogP contribution < -0.4 is 5.32 Å². The van der Waals surface area contributed by atoms with Crippen molar-refractivity contribution in [3.8, 4) is 0 Å². The van der Waals surface area contributed by atoms with Crippen molar-refractivity contribution < 1.29 is 14.3 Å². The molecule has 6 heteroatoms. The van der Waals surface area contributed by atoms with Crippen molar-refractivity contribution in [3.63, 3.8) is 0 Å². The maximum atomic E-state index is 12.1. The number of hydrogen-bond acceptors (Lipinski definition) is 3. The number of anilines is 1. The number of nitrogens with one attached hydrogen (secondary N) is 1. The molecule has 0 aliphatic rings. The lowest BCUT2D eigenvalue weighted by molar-refractivity contribution is -0.152. The Morgan fingerprint density at radius 2 is 1.83 bits per heavy atom. The van der Waals surface area contributed by atoms with Gasteiger partial charge >= 0.3 is 5.97 Å². The van der Waals surface area contributed by atoms with E-state index in [2.05, 4.69) is 5.32 Å². The van der Waals surface area contributed by atoms with E-state index in [4.69, 9.17) is 27.9 Å². The molecule has 24 heavy (non-hydrogen) atoms. The largest absolute Gasteiger partial charge is 0.452 e. The molecule has 1 unspecified atom stereocenters. The fourth-order valence-electron chi connectivity index (χ4n) is 2.09. The third-order valence-electron chi connectivity index (χ3n) is 3.48. The van der Waals surface area contributed by atoms with Crippen LogP contribution in [0.4, 0.5) is 5.69 Å². The fraction of sp³-hybridized carbons (Fsp3) is 0.222. The van der Waals surface area contributed by atoms with Gasteiger partial charge in [-0.05, 0) is 37.1 Å². The number of amides is 1. The molecule has 2 rings (SSSR count). The summed E-state index contributed by atoms with van der Waals surface area (Å²) in [7, 11) is 0. The molecule has 0 heterocycles. The normalized spacial score (nSPS) is 11.7. The zero-order valence-corrected chi connectivity index (χ0v) is 14.8. The van der Waals surface area contributed by atoms with Crippen molar-refractivity contribution in [2.45, 2.75) is 26.4 Å². The number of rotatable bonds is 5. The quantitative estimate of drug-likeness (QED) is 0.798. The number of hydrogen-bond donors (Lipinski definition) is 1. The van der Waals surface area contributed by atoms with E-state index in [9.17, 15) is 9.59 Å². The average Bonchev–Trinajstić information content (AvgIpc) is 2.54. The SMILES string of the molecule is Cc1ccccc1CC(=O)OC(C)C(=O)Nc1cccc(Cl)c1Cl. The van der Waals surface area contributed by atoms with Gasteiger partial charge in [0.15, 0.2) is 6.10 Å². The predicted octanol–water partition coefficient (Wildman–Crippen LogP) is 4.41. The van der Waals surface area contributed by atoms with Gasteiger partial charge in [-0.15, -0.1) is 0 Å². The van der Waals surface area contributed by atoms with Gasteiger partial charge in [-0.1, -0.05) is 53.5 Å². The summed E-state index contributed by atoms with van der Waals surface area (Å²) in [4.78, 5) is 24.1. The highest BCUT2D eigenvalue weighted by Crippen LogP contribution is 2.29. The first-order valence-electron chi connectivity index (χ1n) is 7.37. The summed E-state index contributed by atoms with van der Waals surface area (Å²) in [5.41, 5.74) is 2.24. The first kappa shape index (κ1) is 18.3. The van der Waals surface area contributed by atoms with Crippen molar-refractivity contribution in [3.05, 3.63) is 63.6 Å². The summed E-state index contributed by atoms with van der Waals surface area (Å²) in [5.74, 6) is -0.943. The van der Waals surface area contributed by atoms with Gasteiger partial charge < -0.3 is 10.1 Å². The molecule has 0 radical (unpaired) electrons. The van der Waals surface area contributed by atoms with Crippen molar-refractivity contribution in [2.24, 2.45) is 0 Å². The van der Waals surface area contributed by atoms with Crippen LogP contribution in [-0.2, 0) is 20.7 Å². The Hall–Kier alpha value is -2.04. The van der Waals surface area contributed by atoms with E-state index in [1.54, 1.807) is 18.2 Å². The zero-order valence-electron chi connectivity index (χ0n) is 13.3.